The molecule has 3 fully saturated rings. The number of fused-ring (bicyclic) bond motifs is 2. The third kappa shape index (κ3) is 5.11. The maximum absolute atomic E-state index is 13.2. The van der Waals surface area contributed by atoms with Gasteiger partial charge in [0.1, 0.15) is 0 Å². The van der Waals surface area contributed by atoms with E-state index in [0.717, 1.165) is 35.3 Å². The minimum absolute atomic E-state index is 0.0799. The number of ether oxygens (including phenoxy) is 2. The number of anilines is 1. The van der Waals surface area contributed by atoms with E-state index in [2.05, 4.69) is 22.4 Å². The Bertz CT molecular complexity index is 809. The largest absolute Gasteiger partial charge is 0.490 e. The van der Waals surface area contributed by atoms with Crippen LogP contribution in [0.1, 0.15) is 83.5 Å². The fourth-order valence-electron chi connectivity index (χ4n) is 6.86. The lowest BCUT2D eigenvalue weighted by Crippen LogP contribution is -2.55. The highest BCUT2D eigenvalue weighted by Gasteiger charge is 2.55. The van der Waals surface area contributed by atoms with Crippen LogP contribution in [0.3, 0.4) is 0 Å². The Morgan fingerprint density at radius 3 is 2.42 bits per heavy atom. The van der Waals surface area contributed by atoms with Crippen molar-refractivity contribution in [2.24, 2.45) is 11.3 Å². The van der Waals surface area contributed by atoms with Crippen molar-refractivity contribution in [3.05, 3.63) is 18.2 Å². The van der Waals surface area contributed by atoms with Crippen LogP contribution in [0.2, 0.25) is 0 Å². The van der Waals surface area contributed by atoms with Gasteiger partial charge in [0.15, 0.2) is 11.5 Å². The van der Waals surface area contributed by atoms with Crippen LogP contribution in [0.4, 0.5) is 10.5 Å². The average molecular weight is 473 g/mol. The zero-order valence-corrected chi connectivity index (χ0v) is 20.7. The van der Waals surface area contributed by atoms with Gasteiger partial charge in [-0.15, -0.1) is 0 Å². The Hall–Kier alpha value is -1.56. The normalized spacial score (nSPS) is 30.8. The molecule has 2 aliphatic carbocycles. The Balaban J connectivity index is 1.30. The van der Waals surface area contributed by atoms with Gasteiger partial charge in [-0.2, -0.15) is 11.8 Å². The molecule has 3 unspecified atom stereocenters. The number of hydrogen-bond donors (Lipinski definition) is 2. The van der Waals surface area contributed by atoms with Gasteiger partial charge in [-0.3, -0.25) is 0 Å². The van der Waals surface area contributed by atoms with Crippen molar-refractivity contribution in [1.82, 2.24) is 5.32 Å². The van der Waals surface area contributed by atoms with Gasteiger partial charge in [0.25, 0.3) is 0 Å². The number of thioether (sulfide) groups is 1. The SMILES string of the molecule is O=C(Nc1ccc2c(c1)OCCCO2)NC1CSC2CCCCC12C1CCCCCCCC1. The van der Waals surface area contributed by atoms with E-state index in [1.165, 1.54) is 77.0 Å². The second kappa shape index (κ2) is 10.8. The summed E-state index contributed by atoms with van der Waals surface area (Å²) in [6, 6.07) is 5.88. The second-order valence-electron chi connectivity index (χ2n) is 10.4. The van der Waals surface area contributed by atoms with Crippen LogP contribution < -0.4 is 20.1 Å². The number of benzene rings is 1. The molecule has 182 valence electrons. The topological polar surface area (TPSA) is 59.6 Å². The predicted octanol–water partition coefficient (Wildman–Crippen LogP) is 6.76. The molecule has 3 atom stereocenters. The molecule has 1 saturated heterocycles. The van der Waals surface area contributed by atoms with Gasteiger partial charge in [-0.25, -0.2) is 4.79 Å². The Kier molecular flexibility index (Phi) is 7.59. The van der Waals surface area contributed by atoms with E-state index in [4.69, 9.17) is 9.47 Å². The van der Waals surface area contributed by atoms with Crippen molar-refractivity contribution < 1.29 is 14.3 Å². The van der Waals surface area contributed by atoms with Crippen LogP contribution >= 0.6 is 11.8 Å². The van der Waals surface area contributed by atoms with Crippen LogP contribution in [0.25, 0.3) is 0 Å². The number of amides is 2. The lowest BCUT2D eigenvalue weighted by Gasteiger charge is -2.49. The number of carbonyl (C=O) groups excluding carboxylic acids is 1. The summed E-state index contributed by atoms with van der Waals surface area (Å²) in [4.78, 5) is 13.2. The Labute approximate surface area is 203 Å². The number of hydrogen-bond acceptors (Lipinski definition) is 4. The highest BCUT2D eigenvalue weighted by atomic mass is 32.2. The van der Waals surface area contributed by atoms with Crippen molar-refractivity contribution in [2.75, 3.05) is 24.3 Å². The quantitative estimate of drug-likeness (QED) is 0.510. The first-order valence-electron chi connectivity index (χ1n) is 13.3. The maximum atomic E-state index is 13.2. The van der Waals surface area contributed by atoms with Crippen LogP contribution in [-0.4, -0.2) is 36.3 Å². The van der Waals surface area contributed by atoms with Crippen molar-refractivity contribution in [3.8, 4) is 11.5 Å². The van der Waals surface area contributed by atoms with Crippen molar-refractivity contribution in [1.29, 1.82) is 0 Å². The molecule has 4 aliphatic rings. The van der Waals surface area contributed by atoms with E-state index in [9.17, 15) is 4.79 Å². The molecule has 2 aliphatic heterocycles. The molecular weight excluding hydrogens is 432 g/mol. The maximum Gasteiger partial charge on any atom is 0.319 e. The summed E-state index contributed by atoms with van der Waals surface area (Å²) in [6.45, 7) is 1.32. The second-order valence-corrected chi connectivity index (χ2v) is 11.7. The lowest BCUT2D eigenvalue weighted by atomic mass is 9.59. The highest BCUT2D eigenvalue weighted by molar-refractivity contribution is 8.00. The van der Waals surface area contributed by atoms with Crippen LogP contribution in [-0.2, 0) is 0 Å². The van der Waals surface area contributed by atoms with Gasteiger partial charge < -0.3 is 20.1 Å². The van der Waals surface area contributed by atoms with E-state index in [-0.39, 0.29) is 17.5 Å². The fraction of sp³-hybridized carbons (Fsp3) is 0.741. The Morgan fingerprint density at radius 2 is 1.61 bits per heavy atom. The number of nitrogens with one attached hydrogen (secondary N) is 2. The zero-order chi connectivity index (χ0) is 22.5. The summed E-state index contributed by atoms with van der Waals surface area (Å²) < 4.78 is 11.5. The summed E-state index contributed by atoms with van der Waals surface area (Å²) in [5.74, 6) is 3.28. The van der Waals surface area contributed by atoms with E-state index in [0.29, 0.717) is 18.5 Å². The third-order valence-corrected chi connectivity index (χ3v) is 10.1. The van der Waals surface area contributed by atoms with Gasteiger partial charge in [0.2, 0.25) is 0 Å². The molecule has 6 heteroatoms. The molecular formula is C27H40N2O3S. The molecule has 0 aromatic heterocycles. The zero-order valence-electron chi connectivity index (χ0n) is 19.9. The van der Waals surface area contributed by atoms with E-state index >= 15 is 0 Å². The first-order chi connectivity index (χ1) is 16.3. The van der Waals surface area contributed by atoms with Crippen LogP contribution in [0.15, 0.2) is 18.2 Å². The fourth-order valence-corrected chi connectivity index (χ4v) is 8.80. The summed E-state index contributed by atoms with van der Waals surface area (Å²) >= 11 is 2.13. The molecule has 5 nitrogen and oxygen atoms in total. The number of carbonyl (C=O) groups is 1. The van der Waals surface area contributed by atoms with E-state index in [1.807, 2.05) is 18.2 Å². The number of rotatable bonds is 3. The number of urea groups is 1. The average Bonchev–Trinajstić information content (AvgIpc) is 3.11. The summed E-state index contributed by atoms with van der Waals surface area (Å²) in [5.41, 5.74) is 1.04. The first-order valence-corrected chi connectivity index (χ1v) is 14.4. The van der Waals surface area contributed by atoms with Crippen molar-refractivity contribution in [3.63, 3.8) is 0 Å². The molecule has 2 heterocycles. The molecule has 0 radical (unpaired) electrons. The minimum Gasteiger partial charge on any atom is -0.490 e. The lowest BCUT2D eigenvalue weighted by molar-refractivity contribution is 0.0637. The van der Waals surface area contributed by atoms with Crippen molar-refractivity contribution in [2.45, 2.75) is 94.8 Å². The summed E-state index contributed by atoms with van der Waals surface area (Å²) in [7, 11) is 0. The van der Waals surface area contributed by atoms with Gasteiger partial charge in [0, 0.05) is 40.6 Å². The molecule has 2 N–H and O–H groups in total. The minimum atomic E-state index is -0.0799. The predicted molar refractivity (Wildman–Crippen MR) is 136 cm³/mol. The molecule has 1 aromatic carbocycles. The molecule has 0 bridgehead atoms. The van der Waals surface area contributed by atoms with Crippen LogP contribution in [0, 0.1) is 11.3 Å². The molecule has 1 aromatic rings. The highest BCUT2D eigenvalue weighted by Crippen LogP contribution is 2.58. The molecule has 33 heavy (non-hydrogen) atoms. The molecule has 5 rings (SSSR count). The van der Waals surface area contributed by atoms with Gasteiger partial charge >= 0.3 is 6.03 Å². The van der Waals surface area contributed by atoms with Crippen molar-refractivity contribution >= 4 is 23.5 Å². The molecule has 2 saturated carbocycles. The smallest absolute Gasteiger partial charge is 0.319 e. The monoisotopic (exact) mass is 472 g/mol. The standard InChI is InChI=1S/C27H40N2O3S/c30-26(28-21-13-14-22-23(18-21)32-17-9-16-31-22)29-24-19-33-25-12-7-8-15-27(24,25)20-10-5-3-1-2-4-6-11-20/h13-14,18,20,24-25H,1-12,15-17,19H2,(H2,28,29,30). The summed E-state index contributed by atoms with van der Waals surface area (Å²) in [5, 5.41) is 7.27. The molecule has 0 spiro atoms. The van der Waals surface area contributed by atoms with Gasteiger partial charge in [0.05, 0.1) is 13.2 Å². The first kappa shape index (κ1) is 23.2. The third-order valence-electron chi connectivity index (χ3n) is 8.46. The Morgan fingerprint density at radius 1 is 0.879 bits per heavy atom. The summed E-state index contributed by atoms with van der Waals surface area (Å²) in [6.07, 6.45) is 17.1. The van der Waals surface area contributed by atoms with E-state index < -0.39 is 0 Å². The van der Waals surface area contributed by atoms with Gasteiger partial charge in [-0.05, 0) is 43.7 Å². The van der Waals surface area contributed by atoms with E-state index in [1.54, 1.807) is 0 Å². The van der Waals surface area contributed by atoms with Gasteiger partial charge in [-0.1, -0.05) is 51.4 Å². The van der Waals surface area contributed by atoms with Crippen LogP contribution in [0.5, 0.6) is 11.5 Å². The molecule has 2 amide bonds.